The molecule has 0 N–H and O–H groups in total. The van der Waals surface area contributed by atoms with Gasteiger partial charge in [0, 0.05) is 31.5 Å². The maximum absolute atomic E-state index is 12.2. The third-order valence-corrected chi connectivity index (χ3v) is 4.15. The number of nitrogens with zero attached hydrogens (tertiary/aromatic N) is 6. The Morgan fingerprint density at radius 3 is 3.09 bits per heavy atom. The van der Waals surface area contributed by atoms with Crippen molar-refractivity contribution in [2.24, 2.45) is 0 Å². The van der Waals surface area contributed by atoms with Crippen LogP contribution in [-0.2, 0) is 0 Å². The molecule has 0 spiro atoms. The minimum Gasteiger partial charge on any atom is -0.354 e. The molecule has 3 aromatic rings. The Bertz CT molecular complexity index is 966. The van der Waals surface area contributed by atoms with Crippen LogP contribution in [0.25, 0.3) is 5.65 Å². The van der Waals surface area contributed by atoms with Crippen molar-refractivity contribution in [1.82, 2.24) is 19.2 Å². The molecule has 4 rings (SSSR count). The van der Waals surface area contributed by atoms with Crippen molar-refractivity contribution in [3.05, 3.63) is 58.8 Å². The van der Waals surface area contributed by atoms with Crippen molar-refractivity contribution in [3.63, 3.8) is 0 Å². The smallest absolute Gasteiger partial charge is 0.259 e. The van der Waals surface area contributed by atoms with Crippen molar-refractivity contribution in [2.75, 3.05) is 18.0 Å². The predicted octanol–water partition coefficient (Wildman–Crippen LogP) is 1.21. The van der Waals surface area contributed by atoms with Gasteiger partial charge in [-0.25, -0.2) is 4.98 Å². The van der Waals surface area contributed by atoms with Crippen molar-refractivity contribution in [1.29, 1.82) is 5.26 Å². The van der Waals surface area contributed by atoms with Crippen LogP contribution < -0.4 is 10.5 Å². The van der Waals surface area contributed by atoms with E-state index in [4.69, 9.17) is 5.26 Å². The molecule has 7 heteroatoms. The molecule has 1 fully saturated rings. The zero-order valence-electron chi connectivity index (χ0n) is 12.3. The third kappa shape index (κ3) is 2.34. The number of aromatic nitrogens is 4. The third-order valence-electron chi connectivity index (χ3n) is 4.15. The summed E-state index contributed by atoms with van der Waals surface area (Å²) >= 11 is 0. The van der Waals surface area contributed by atoms with Gasteiger partial charge in [-0.1, -0.05) is 6.07 Å². The van der Waals surface area contributed by atoms with Crippen LogP contribution in [0.1, 0.15) is 18.0 Å². The molecule has 0 saturated carbocycles. The SMILES string of the molecule is N#Cc1cnn(C2CCN(c3cc(=O)n4ccccc4n3)C2)c1. The minimum atomic E-state index is -0.0834. The largest absolute Gasteiger partial charge is 0.354 e. The molecule has 1 saturated heterocycles. The zero-order valence-corrected chi connectivity index (χ0v) is 12.3. The molecule has 0 aromatic carbocycles. The van der Waals surface area contributed by atoms with E-state index >= 15 is 0 Å². The van der Waals surface area contributed by atoms with Crippen LogP contribution in [-0.4, -0.2) is 32.3 Å². The van der Waals surface area contributed by atoms with E-state index in [0.29, 0.717) is 17.0 Å². The molecule has 0 bridgehead atoms. The van der Waals surface area contributed by atoms with Gasteiger partial charge >= 0.3 is 0 Å². The van der Waals surface area contributed by atoms with Gasteiger partial charge in [0.05, 0.1) is 17.8 Å². The van der Waals surface area contributed by atoms with E-state index in [1.165, 1.54) is 4.40 Å². The molecule has 23 heavy (non-hydrogen) atoms. The van der Waals surface area contributed by atoms with Gasteiger partial charge in [-0.3, -0.25) is 13.9 Å². The highest BCUT2D eigenvalue weighted by Crippen LogP contribution is 2.25. The fourth-order valence-corrected chi connectivity index (χ4v) is 2.96. The number of anilines is 1. The monoisotopic (exact) mass is 306 g/mol. The molecule has 114 valence electrons. The lowest BCUT2D eigenvalue weighted by molar-refractivity contribution is 0.494. The number of pyridine rings is 1. The highest BCUT2D eigenvalue weighted by Gasteiger charge is 2.26. The van der Waals surface area contributed by atoms with Crippen LogP contribution in [0, 0.1) is 11.3 Å². The number of hydrogen-bond acceptors (Lipinski definition) is 5. The Balaban J connectivity index is 1.62. The Morgan fingerprint density at radius 2 is 2.26 bits per heavy atom. The summed E-state index contributed by atoms with van der Waals surface area (Å²) in [5, 5.41) is 13.1. The van der Waals surface area contributed by atoms with Gasteiger partial charge in [-0.2, -0.15) is 10.4 Å². The summed E-state index contributed by atoms with van der Waals surface area (Å²) in [6.45, 7) is 1.53. The summed E-state index contributed by atoms with van der Waals surface area (Å²) in [5.74, 6) is 0.691. The zero-order chi connectivity index (χ0) is 15.8. The maximum Gasteiger partial charge on any atom is 0.259 e. The molecule has 3 aromatic heterocycles. The quantitative estimate of drug-likeness (QED) is 0.711. The van der Waals surface area contributed by atoms with Gasteiger partial charge in [-0.05, 0) is 18.6 Å². The Labute approximate surface area is 132 Å². The molecule has 0 aliphatic carbocycles. The molecule has 4 heterocycles. The average molecular weight is 306 g/mol. The number of hydrogen-bond donors (Lipinski definition) is 0. The van der Waals surface area contributed by atoms with Crippen molar-refractivity contribution < 1.29 is 0 Å². The van der Waals surface area contributed by atoms with Gasteiger partial charge < -0.3 is 4.90 Å². The van der Waals surface area contributed by atoms with E-state index in [9.17, 15) is 4.79 Å². The lowest BCUT2D eigenvalue weighted by atomic mass is 10.3. The van der Waals surface area contributed by atoms with E-state index in [1.54, 1.807) is 24.7 Å². The van der Waals surface area contributed by atoms with Gasteiger partial charge in [0.15, 0.2) is 0 Å². The Hall–Kier alpha value is -3.14. The van der Waals surface area contributed by atoms with E-state index < -0.39 is 0 Å². The van der Waals surface area contributed by atoms with Crippen LogP contribution >= 0.6 is 0 Å². The van der Waals surface area contributed by atoms with Crippen LogP contribution in [0.15, 0.2) is 47.7 Å². The van der Waals surface area contributed by atoms with Crippen molar-refractivity contribution in [2.45, 2.75) is 12.5 Å². The number of fused-ring (bicyclic) bond motifs is 1. The Morgan fingerprint density at radius 1 is 1.35 bits per heavy atom. The van der Waals surface area contributed by atoms with Crippen LogP contribution in [0.2, 0.25) is 0 Å². The summed E-state index contributed by atoms with van der Waals surface area (Å²) < 4.78 is 3.36. The molecule has 1 unspecified atom stereocenters. The molecule has 0 radical (unpaired) electrons. The average Bonchev–Trinajstić information content (AvgIpc) is 3.24. The van der Waals surface area contributed by atoms with Crippen molar-refractivity contribution in [3.8, 4) is 6.07 Å². The molecule has 1 aliphatic rings. The predicted molar refractivity (Wildman–Crippen MR) is 84.3 cm³/mol. The summed E-state index contributed by atoms with van der Waals surface area (Å²) in [4.78, 5) is 18.9. The highest BCUT2D eigenvalue weighted by atomic mass is 16.1. The minimum absolute atomic E-state index is 0.0834. The van der Waals surface area contributed by atoms with E-state index in [0.717, 1.165) is 19.5 Å². The number of nitriles is 1. The molecule has 1 aliphatic heterocycles. The topological polar surface area (TPSA) is 79.2 Å². The molecule has 7 nitrogen and oxygen atoms in total. The van der Waals surface area contributed by atoms with E-state index in [2.05, 4.69) is 21.1 Å². The number of rotatable bonds is 2. The summed E-state index contributed by atoms with van der Waals surface area (Å²) in [5.41, 5.74) is 1.12. The fraction of sp³-hybridized carbons (Fsp3) is 0.250. The fourth-order valence-electron chi connectivity index (χ4n) is 2.96. The first-order chi connectivity index (χ1) is 11.2. The second-order valence-electron chi connectivity index (χ2n) is 5.59. The van der Waals surface area contributed by atoms with E-state index in [1.807, 2.05) is 22.9 Å². The van der Waals surface area contributed by atoms with Crippen molar-refractivity contribution >= 4 is 11.5 Å². The van der Waals surface area contributed by atoms with Gasteiger partial charge in [0.1, 0.15) is 17.5 Å². The summed E-state index contributed by atoms with van der Waals surface area (Å²) in [7, 11) is 0. The molecular formula is C16H14N6O. The highest BCUT2D eigenvalue weighted by molar-refractivity contribution is 5.48. The molecule has 1 atom stereocenters. The summed E-state index contributed by atoms with van der Waals surface area (Å²) in [6, 6.07) is 9.35. The first-order valence-corrected chi connectivity index (χ1v) is 7.42. The first-order valence-electron chi connectivity index (χ1n) is 7.42. The first kappa shape index (κ1) is 13.5. The van der Waals surface area contributed by atoms with Crippen LogP contribution in [0.3, 0.4) is 0 Å². The molecule has 0 amide bonds. The maximum atomic E-state index is 12.2. The second-order valence-corrected chi connectivity index (χ2v) is 5.59. The van der Waals surface area contributed by atoms with E-state index in [-0.39, 0.29) is 11.6 Å². The normalized spacial score (nSPS) is 17.5. The van der Waals surface area contributed by atoms with Gasteiger partial charge in [0.25, 0.3) is 5.56 Å². The van der Waals surface area contributed by atoms with Gasteiger partial charge in [0.2, 0.25) is 0 Å². The molecular weight excluding hydrogens is 292 g/mol. The lowest BCUT2D eigenvalue weighted by Gasteiger charge is -2.17. The summed E-state index contributed by atoms with van der Waals surface area (Å²) in [6.07, 6.45) is 5.96. The lowest BCUT2D eigenvalue weighted by Crippen LogP contribution is -2.25. The van der Waals surface area contributed by atoms with Gasteiger partial charge in [-0.15, -0.1) is 0 Å². The van der Waals surface area contributed by atoms with Crippen LogP contribution in [0.5, 0.6) is 0 Å². The standard InChI is InChI=1S/C16H14N6O/c17-8-12-9-18-22(10-12)13-4-6-20(11-13)15-7-16(23)21-5-2-1-3-14(21)19-15/h1-3,5,7,9-10,13H,4,6,11H2. The van der Waals surface area contributed by atoms with Crippen LogP contribution in [0.4, 0.5) is 5.82 Å². The second kappa shape index (κ2) is 5.25. The Kier molecular flexibility index (Phi) is 3.08.